The minimum Gasteiger partial charge on any atom is -0.382 e. The molecule has 1 saturated heterocycles. The normalized spacial score (nSPS) is 15.5. The summed E-state index contributed by atoms with van der Waals surface area (Å²) in [7, 11) is 0. The van der Waals surface area contributed by atoms with Crippen LogP contribution >= 0.6 is 0 Å². The summed E-state index contributed by atoms with van der Waals surface area (Å²) in [6, 6.07) is 4.51. The number of rotatable bonds is 4. The van der Waals surface area contributed by atoms with Crippen LogP contribution in [0.1, 0.15) is 29.9 Å². The molecule has 1 fully saturated rings. The van der Waals surface area contributed by atoms with E-state index >= 15 is 0 Å². The molecule has 0 bridgehead atoms. The molecule has 1 N–H and O–H groups in total. The molecule has 0 amide bonds. The quantitative estimate of drug-likeness (QED) is 0.620. The number of nitro groups is 1. The molecule has 1 aromatic heterocycles. The second-order valence-corrected chi connectivity index (χ2v) is 6.81. The summed E-state index contributed by atoms with van der Waals surface area (Å²) in [4.78, 5) is 20.7. The van der Waals surface area contributed by atoms with Crippen LogP contribution in [0.15, 0.2) is 24.3 Å². The molecule has 10 heteroatoms. The van der Waals surface area contributed by atoms with E-state index in [2.05, 4.69) is 20.2 Å². The van der Waals surface area contributed by atoms with E-state index in [1.807, 2.05) is 19.9 Å². The molecule has 150 valence electrons. The van der Waals surface area contributed by atoms with Gasteiger partial charge < -0.3 is 10.2 Å². The minimum atomic E-state index is -4.68. The Hall–Kier alpha value is -2.91. The van der Waals surface area contributed by atoms with Crippen LogP contribution in [0.4, 0.5) is 30.4 Å². The van der Waals surface area contributed by atoms with Crippen LogP contribution in [0.3, 0.4) is 0 Å². The molecule has 0 aliphatic carbocycles. The first kappa shape index (κ1) is 19.8. The summed E-state index contributed by atoms with van der Waals surface area (Å²) >= 11 is 0. The SMILES string of the molecule is Cc1cc(N2CCC(Nc3ccc([N+](=O)[O-])cc3C(F)(F)F)CC2)nc(C)n1. The van der Waals surface area contributed by atoms with E-state index in [4.69, 9.17) is 0 Å². The fraction of sp³-hybridized carbons (Fsp3) is 0.444. The largest absolute Gasteiger partial charge is 0.418 e. The number of nitrogens with zero attached hydrogens (tertiary/aromatic N) is 4. The summed E-state index contributed by atoms with van der Waals surface area (Å²) in [5.41, 5.74) is -0.873. The topological polar surface area (TPSA) is 84.2 Å². The molecule has 7 nitrogen and oxygen atoms in total. The van der Waals surface area contributed by atoms with E-state index in [1.165, 1.54) is 0 Å². The van der Waals surface area contributed by atoms with Gasteiger partial charge in [-0.1, -0.05) is 0 Å². The van der Waals surface area contributed by atoms with Crippen molar-refractivity contribution in [2.75, 3.05) is 23.3 Å². The molecule has 2 aromatic rings. The number of aromatic nitrogens is 2. The monoisotopic (exact) mass is 395 g/mol. The molecule has 3 rings (SSSR count). The van der Waals surface area contributed by atoms with Crippen molar-refractivity contribution in [2.24, 2.45) is 0 Å². The van der Waals surface area contributed by atoms with Gasteiger partial charge in [-0.25, -0.2) is 9.97 Å². The molecule has 2 heterocycles. The van der Waals surface area contributed by atoms with E-state index in [0.717, 1.165) is 23.6 Å². The molecule has 0 radical (unpaired) electrons. The van der Waals surface area contributed by atoms with Crippen molar-refractivity contribution < 1.29 is 18.1 Å². The Morgan fingerprint density at radius 3 is 2.43 bits per heavy atom. The Bertz CT molecular complexity index is 860. The number of aryl methyl sites for hydroxylation is 2. The maximum atomic E-state index is 13.3. The van der Waals surface area contributed by atoms with Crippen LogP contribution in [-0.4, -0.2) is 34.0 Å². The van der Waals surface area contributed by atoms with Crippen molar-refractivity contribution in [2.45, 2.75) is 38.9 Å². The van der Waals surface area contributed by atoms with Crippen LogP contribution in [-0.2, 0) is 6.18 Å². The molecule has 1 aliphatic heterocycles. The van der Waals surface area contributed by atoms with Gasteiger partial charge in [-0.3, -0.25) is 10.1 Å². The van der Waals surface area contributed by atoms with Gasteiger partial charge in [0.05, 0.1) is 10.5 Å². The summed E-state index contributed by atoms with van der Waals surface area (Å²) in [6.45, 7) is 4.99. The van der Waals surface area contributed by atoms with Gasteiger partial charge in [0.1, 0.15) is 11.6 Å². The highest BCUT2D eigenvalue weighted by atomic mass is 19.4. The van der Waals surface area contributed by atoms with Crippen molar-refractivity contribution in [1.29, 1.82) is 0 Å². The third kappa shape index (κ3) is 4.49. The fourth-order valence-corrected chi connectivity index (χ4v) is 3.34. The lowest BCUT2D eigenvalue weighted by Gasteiger charge is -2.34. The number of anilines is 2. The Morgan fingerprint density at radius 2 is 1.86 bits per heavy atom. The fourth-order valence-electron chi connectivity index (χ4n) is 3.34. The average molecular weight is 395 g/mol. The third-order valence-electron chi connectivity index (χ3n) is 4.65. The van der Waals surface area contributed by atoms with Crippen LogP contribution < -0.4 is 10.2 Å². The zero-order valence-corrected chi connectivity index (χ0v) is 15.5. The van der Waals surface area contributed by atoms with Gasteiger partial charge >= 0.3 is 6.18 Å². The Labute approximate surface area is 159 Å². The van der Waals surface area contributed by atoms with Gasteiger partial charge in [-0.2, -0.15) is 13.2 Å². The van der Waals surface area contributed by atoms with E-state index in [9.17, 15) is 23.3 Å². The van der Waals surface area contributed by atoms with E-state index in [0.29, 0.717) is 37.8 Å². The lowest BCUT2D eigenvalue weighted by atomic mass is 10.0. The van der Waals surface area contributed by atoms with E-state index in [1.54, 1.807) is 0 Å². The highest BCUT2D eigenvalue weighted by Gasteiger charge is 2.36. The van der Waals surface area contributed by atoms with Crippen LogP contribution in [0.5, 0.6) is 0 Å². The third-order valence-corrected chi connectivity index (χ3v) is 4.65. The predicted octanol–water partition coefficient (Wildman–Crippen LogP) is 4.10. The summed E-state index contributed by atoms with van der Waals surface area (Å²) in [5.74, 6) is 1.49. The number of benzene rings is 1. The van der Waals surface area contributed by atoms with Gasteiger partial charge in [0.15, 0.2) is 0 Å². The standard InChI is InChI=1S/C18H20F3N5O2/c1-11-9-17(23-12(2)22-11)25-7-5-13(6-8-25)24-16-4-3-14(26(27)28)10-15(16)18(19,20)21/h3-4,9-10,13,24H,5-8H2,1-2H3. The second kappa shape index (κ2) is 7.61. The van der Waals surface area contributed by atoms with Crippen molar-refractivity contribution in [1.82, 2.24) is 9.97 Å². The van der Waals surface area contributed by atoms with Crippen molar-refractivity contribution in [3.63, 3.8) is 0 Å². The first-order valence-electron chi connectivity index (χ1n) is 8.83. The van der Waals surface area contributed by atoms with E-state index in [-0.39, 0.29) is 11.7 Å². The zero-order valence-electron chi connectivity index (χ0n) is 15.5. The number of hydrogen-bond acceptors (Lipinski definition) is 6. The molecule has 28 heavy (non-hydrogen) atoms. The van der Waals surface area contributed by atoms with Crippen molar-refractivity contribution in [3.05, 3.63) is 51.5 Å². The Morgan fingerprint density at radius 1 is 1.18 bits per heavy atom. The molecule has 0 atom stereocenters. The number of non-ortho nitro benzene ring substituents is 1. The molecule has 0 unspecified atom stereocenters. The van der Waals surface area contributed by atoms with Crippen LogP contribution in [0.25, 0.3) is 0 Å². The maximum Gasteiger partial charge on any atom is 0.418 e. The smallest absolute Gasteiger partial charge is 0.382 e. The number of hydrogen-bond donors (Lipinski definition) is 1. The van der Waals surface area contributed by atoms with Crippen molar-refractivity contribution in [3.8, 4) is 0 Å². The van der Waals surface area contributed by atoms with Gasteiger partial charge in [0.2, 0.25) is 0 Å². The van der Waals surface area contributed by atoms with E-state index < -0.39 is 22.4 Å². The number of piperidine rings is 1. The summed E-state index contributed by atoms with van der Waals surface area (Å²) in [6.07, 6.45) is -3.43. The first-order valence-corrected chi connectivity index (χ1v) is 8.83. The lowest BCUT2D eigenvalue weighted by Crippen LogP contribution is -2.40. The molecule has 1 aliphatic rings. The molecule has 0 spiro atoms. The highest BCUT2D eigenvalue weighted by molar-refractivity contribution is 5.58. The molecule has 0 saturated carbocycles. The van der Waals surface area contributed by atoms with Crippen LogP contribution in [0.2, 0.25) is 0 Å². The van der Waals surface area contributed by atoms with Gasteiger partial charge in [-0.05, 0) is 32.8 Å². The van der Waals surface area contributed by atoms with Gasteiger partial charge in [0, 0.05) is 48.7 Å². The molecular weight excluding hydrogens is 375 g/mol. The van der Waals surface area contributed by atoms with Crippen molar-refractivity contribution >= 4 is 17.2 Å². The summed E-state index contributed by atoms with van der Waals surface area (Å²) in [5, 5.41) is 13.7. The number of halogens is 3. The van der Waals surface area contributed by atoms with Crippen LogP contribution in [0, 0.1) is 24.0 Å². The van der Waals surface area contributed by atoms with Gasteiger partial charge in [0.25, 0.3) is 5.69 Å². The molecule has 1 aromatic carbocycles. The number of nitrogens with one attached hydrogen (secondary N) is 1. The predicted molar refractivity (Wildman–Crippen MR) is 98.5 cm³/mol. The number of alkyl halides is 3. The second-order valence-electron chi connectivity index (χ2n) is 6.81. The van der Waals surface area contributed by atoms with Gasteiger partial charge in [-0.15, -0.1) is 0 Å². The lowest BCUT2D eigenvalue weighted by molar-refractivity contribution is -0.385. The zero-order chi connectivity index (χ0) is 20.5. The number of nitro benzene ring substituents is 1. The first-order chi connectivity index (χ1) is 13.1. The Kier molecular flexibility index (Phi) is 5.39. The summed E-state index contributed by atoms with van der Waals surface area (Å²) < 4.78 is 40.0. The highest BCUT2D eigenvalue weighted by Crippen LogP contribution is 2.38. The maximum absolute atomic E-state index is 13.3. The average Bonchev–Trinajstić information content (AvgIpc) is 2.60. The molecular formula is C18H20F3N5O2. The minimum absolute atomic E-state index is 0.134. The Balaban J connectivity index is 1.71.